The molecule has 5 aromatic carbocycles. The molecule has 268 valence electrons. The molecule has 0 radical (unpaired) electrons. The second-order valence-corrected chi connectivity index (χ2v) is 21.6. The molecular weight excluding hydrogens is 681 g/mol. The van der Waals surface area contributed by atoms with Crippen LogP contribution in [0.2, 0.25) is 13.1 Å². The number of ether oxygens (including phenoxy) is 1. The topological polar surface area (TPSA) is 61.3 Å². The van der Waals surface area contributed by atoms with Crippen LogP contribution in [0.25, 0.3) is 73.0 Å². The highest BCUT2D eigenvalue weighted by Gasteiger charge is 2.28. The number of benzene rings is 5. The van der Waals surface area contributed by atoms with Gasteiger partial charge in [0.2, 0.25) is 5.89 Å². The number of aromatic nitrogens is 2. The molecule has 3 aromatic heterocycles. The number of oxazole rings is 1. The number of pyridine rings is 1. The third-order valence-corrected chi connectivity index (χ3v) is 13.6. The Morgan fingerprint density at radius 3 is 2.26 bits per heavy atom. The number of para-hydroxylation sites is 2. The lowest BCUT2D eigenvalue weighted by atomic mass is 9.84. The molecule has 0 spiro atoms. The van der Waals surface area contributed by atoms with E-state index in [9.17, 15) is 0 Å². The molecular formula is C48H44N2O3Si. The number of nitrogens with zero attached hydrogens (tertiary/aromatic N) is 2. The largest absolute Gasteiger partial charge is 0.457 e. The number of fused-ring (bicyclic) bond motifs is 5. The van der Waals surface area contributed by atoms with E-state index in [1.54, 1.807) is 0 Å². The highest BCUT2D eigenvalue weighted by Crippen LogP contribution is 2.43. The Balaban J connectivity index is 1.18. The predicted octanol–water partition coefficient (Wildman–Crippen LogP) is 13.0. The van der Waals surface area contributed by atoms with Gasteiger partial charge in [0.1, 0.15) is 36.3 Å². The van der Waals surface area contributed by atoms with Crippen molar-refractivity contribution in [3.8, 4) is 45.3 Å². The van der Waals surface area contributed by atoms with Crippen LogP contribution in [0.3, 0.4) is 0 Å². The number of hydrogen-bond donors (Lipinski definition) is 0. The first kappa shape index (κ1) is 34.1. The van der Waals surface area contributed by atoms with Gasteiger partial charge in [-0.25, -0.2) is 4.98 Å². The molecule has 6 heteroatoms. The highest BCUT2D eigenvalue weighted by molar-refractivity contribution is 6.96. The van der Waals surface area contributed by atoms with Gasteiger partial charge in [-0.1, -0.05) is 109 Å². The van der Waals surface area contributed by atoms with E-state index in [4.69, 9.17) is 23.5 Å². The second-order valence-electron chi connectivity index (χ2n) is 17.2. The summed E-state index contributed by atoms with van der Waals surface area (Å²) in [7, 11) is -1.54. The smallest absolute Gasteiger partial charge is 0.228 e. The maximum Gasteiger partial charge on any atom is 0.228 e. The maximum absolute atomic E-state index is 6.81. The fraction of sp³-hybridized carbons (Fsp3) is 0.208. The maximum atomic E-state index is 6.81. The van der Waals surface area contributed by atoms with Crippen molar-refractivity contribution in [2.24, 2.45) is 0 Å². The Bertz CT molecular complexity index is 2810. The molecule has 0 bridgehead atoms. The van der Waals surface area contributed by atoms with Crippen LogP contribution in [0, 0.1) is 0 Å². The summed E-state index contributed by atoms with van der Waals surface area (Å²) in [6.07, 6.45) is 4.18. The first-order chi connectivity index (χ1) is 25.7. The Hall–Kier alpha value is -5.72. The van der Waals surface area contributed by atoms with E-state index in [1.165, 1.54) is 16.3 Å². The summed E-state index contributed by atoms with van der Waals surface area (Å²) in [5.41, 5.74) is 13.9. The number of hydrogen-bond acceptors (Lipinski definition) is 5. The minimum atomic E-state index is -1.54. The van der Waals surface area contributed by atoms with Crippen LogP contribution in [-0.2, 0) is 10.8 Å². The normalized spacial score (nSPS) is 14.0. The van der Waals surface area contributed by atoms with Crippen molar-refractivity contribution in [1.29, 1.82) is 0 Å². The first-order valence-corrected chi connectivity index (χ1v) is 21.8. The predicted molar refractivity (Wildman–Crippen MR) is 225 cm³/mol. The summed E-state index contributed by atoms with van der Waals surface area (Å²) < 4.78 is 20.1. The van der Waals surface area contributed by atoms with Crippen molar-refractivity contribution in [1.82, 2.24) is 9.97 Å². The number of furan rings is 1. The van der Waals surface area contributed by atoms with Crippen LogP contribution in [0.4, 0.5) is 0 Å². The van der Waals surface area contributed by atoms with Crippen LogP contribution < -0.4 is 9.92 Å². The number of rotatable bonds is 5. The van der Waals surface area contributed by atoms with Gasteiger partial charge in [0, 0.05) is 34.2 Å². The van der Waals surface area contributed by atoms with E-state index >= 15 is 0 Å². The van der Waals surface area contributed by atoms with E-state index < -0.39 is 8.07 Å². The summed E-state index contributed by atoms with van der Waals surface area (Å²) in [6, 6.07) is 35.8. The van der Waals surface area contributed by atoms with Crippen molar-refractivity contribution in [2.45, 2.75) is 65.5 Å². The lowest BCUT2D eigenvalue weighted by molar-refractivity contribution is 0.478. The van der Waals surface area contributed by atoms with E-state index in [1.807, 2.05) is 42.6 Å². The fourth-order valence-corrected chi connectivity index (χ4v) is 9.81. The monoisotopic (exact) mass is 724 g/mol. The minimum absolute atomic E-state index is 0.000440. The van der Waals surface area contributed by atoms with Crippen molar-refractivity contribution < 1.29 is 13.6 Å². The van der Waals surface area contributed by atoms with Gasteiger partial charge in [-0.2, -0.15) is 0 Å². The van der Waals surface area contributed by atoms with Crippen LogP contribution >= 0.6 is 0 Å². The van der Waals surface area contributed by atoms with Crippen molar-refractivity contribution in [3.63, 3.8) is 0 Å². The molecule has 0 aliphatic carbocycles. The Labute approximate surface area is 317 Å². The van der Waals surface area contributed by atoms with Crippen molar-refractivity contribution >= 4 is 52.4 Å². The van der Waals surface area contributed by atoms with E-state index in [-0.39, 0.29) is 10.8 Å². The summed E-state index contributed by atoms with van der Waals surface area (Å²) in [4.78, 5) is 9.89. The van der Waals surface area contributed by atoms with Gasteiger partial charge in [-0.05, 0) is 92.9 Å². The molecule has 0 saturated carbocycles. The summed E-state index contributed by atoms with van der Waals surface area (Å²) >= 11 is 0. The van der Waals surface area contributed by atoms with Gasteiger partial charge >= 0.3 is 0 Å². The van der Waals surface area contributed by atoms with Crippen LogP contribution in [0.1, 0.15) is 58.2 Å². The molecule has 1 aliphatic rings. The van der Waals surface area contributed by atoms with Gasteiger partial charge in [-0.3, -0.25) is 4.98 Å². The standard InChI is InChI=1S/C48H44N2O3Si/c1-47(2,3)32-18-20-49-40(26-32)31-23-33(48(4,5)6)25-34(24-31)51-35-27-38(44-37-12-9-10-15-41(37)52-42(44)28-35)46-50-39-14-11-13-36(45(39)53-46)29-16-17-43-30(22-29)19-21-54(43,7)8/h9-28H,1-8H3. The fourth-order valence-electron chi connectivity index (χ4n) is 7.62. The second kappa shape index (κ2) is 12.2. The molecule has 0 amide bonds. The molecule has 9 rings (SSSR count). The van der Waals surface area contributed by atoms with E-state index in [0.717, 1.165) is 66.7 Å². The summed E-state index contributed by atoms with van der Waals surface area (Å²) in [5.74, 6) is 1.87. The SMILES string of the molecule is CC(C)(C)c1cc(Oc2cc(-c3nc4cccc(-c5ccc6c(c5)C=C[Si]6(C)C)c4o3)c3c(c2)oc2ccccc23)cc(-c2cc(C(C)(C)C)ccn2)c1. The molecule has 5 nitrogen and oxygen atoms in total. The van der Waals surface area contributed by atoms with Gasteiger partial charge in [0.25, 0.3) is 0 Å². The van der Waals surface area contributed by atoms with Gasteiger partial charge < -0.3 is 13.6 Å². The molecule has 0 fully saturated rings. The quantitative estimate of drug-likeness (QED) is 0.165. The lowest BCUT2D eigenvalue weighted by Gasteiger charge is -2.22. The molecule has 54 heavy (non-hydrogen) atoms. The molecule has 8 aromatic rings. The summed E-state index contributed by atoms with van der Waals surface area (Å²) in [6.45, 7) is 18.1. The van der Waals surface area contributed by atoms with Crippen molar-refractivity contribution in [3.05, 3.63) is 132 Å². The lowest BCUT2D eigenvalue weighted by Crippen LogP contribution is -2.37. The zero-order chi connectivity index (χ0) is 37.6. The third-order valence-electron chi connectivity index (χ3n) is 10.8. The zero-order valence-corrected chi connectivity index (χ0v) is 33.2. The average molecular weight is 725 g/mol. The zero-order valence-electron chi connectivity index (χ0n) is 32.2. The Morgan fingerprint density at radius 1 is 0.648 bits per heavy atom. The molecule has 0 saturated heterocycles. The van der Waals surface area contributed by atoms with Crippen LogP contribution in [-0.4, -0.2) is 18.0 Å². The van der Waals surface area contributed by atoms with E-state index in [2.05, 4.69) is 133 Å². The van der Waals surface area contributed by atoms with Gasteiger partial charge in [-0.15, -0.1) is 0 Å². The Morgan fingerprint density at radius 2 is 1.44 bits per heavy atom. The average Bonchev–Trinajstić information content (AvgIpc) is 3.83. The molecule has 0 N–H and O–H groups in total. The summed E-state index contributed by atoms with van der Waals surface area (Å²) in [5, 5.41) is 3.40. The van der Waals surface area contributed by atoms with Crippen LogP contribution in [0.15, 0.2) is 124 Å². The van der Waals surface area contributed by atoms with E-state index in [0.29, 0.717) is 17.2 Å². The molecule has 4 heterocycles. The van der Waals surface area contributed by atoms with Crippen molar-refractivity contribution in [2.75, 3.05) is 0 Å². The highest BCUT2D eigenvalue weighted by atomic mass is 28.3. The third kappa shape index (κ3) is 5.95. The molecule has 0 unspecified atom stereocenters. The Kier molecular flexibility index (Phi) is 7.67. The molecule has 1 aliphatic heterocycles. The minimum Gasteiger partial charge on any atom is -0.457 e. The van der Waals surface area contributed by atoms with Crippen LogP contribution in [0.5, 0.6) is 11.5 Å². The van der Waals surface area contributed by atoms with Gasteiger partial charge in [0.05, 0.1) is 11.3 Å². The molecule has 0 atom stereocenters. The van der Waals surface area contributed by atoms with Gasteiger partial charge in [0.15, 0.2) is 5.58 Å². The first-order valence-electron chi connectivity index (χ1n) is 18.7.